The maximum absolute atomic E-state index is 11.8. The molecule has 0 spiro atoms. The average molecular weight is 232 g/mol. The van der Waals surface area contributed by atoms with Crippen molar-refractivity contribution >= 4 is 5.91 Å². The van der Waals surface area contributed by atoms with Gasteiger partial charge in [0, 0.05) is 12.6 Å². The standard InChI is InChI=1S/C14H20N2O/c1-10-3-4-12(7-11(10)2)8-14(17)16-13-5-6-15-9-13/h3-4,7,13,15H,5-6,8-9H2,1-2H3,(H,16,17). The molecule has 0 aromatic heterocycles. The Balaban J connectivity index is 1.90. The van der Waals surface area contributed by atoms with Crippen molar-refractivity contribution in [1.29, 1.82) is 0 Å². The number of benzene rings is 1. The van der Waals surface area contributed by atoms with Crippen LogP contribution in [0.2, 0.25) is 0 Å². The average Bonchev–Trinajstić information content (AvgIpc) is 2.76. The second kappa shape index (κ2) is 5.32. The van der Waals surface area contributed by atoms with E-state index in [-0.39, 0.29) is 5.91 Å². The Bertz CT molecular complexity index is 409. The first kappa shape index (κ1) is 12.1. The van der Waals surface area contributed by atoms with Crippen LogP contribution in [0.1, 0.15) is 23.1 Å². The molecule has 2 N–H and O–H groups in total. The van der Waals surface area contributed by atoms with Crippen molar-refractivity contribution in [2.45, 2.75) is 32.7 Å². The number of aryl methyl sites for hydroxylation is 2. The first-order chi connectivity index (χ1) is 8.15. The Morgan fingerprint density at radius 2 is 2.24 bits per heavy atom. The van der Waals surface area contributed by atoms with Gasteiger partial charge in [0.25, 0.3) is 0 Å². The maximum atomic E-state index is 11.8. The molecule has 0 aliphatic carbocycles. The van der Waals surface area contributed by atoms with Crippen molar-refractivity contribution in [3.8, 4) is 0 Å². The van der Waals surface area contributed by atoms with E-state index >= 15 is 0 Å². The van der Waals surface area contributed by atoms with Crippen molar-refractivity contribution in [2.75, 3.05) is 13.1 Å². The highest BCUT2D eigenvalue weighted by Crippen LogP contribution is 2.10. The molecule has 1 heterocycles. The van der Waals surface area contributed by atoms with E-state index < -0.39 is 0 Å². The van der Waals surface area contributed by atoms with Crippen molar-refractivity contribution in [1.82, 2.24) is 10.6 Å². The molecule has 17 heavy (non-hydrogen) atoms. The van der Waals surface area contributed by atoms with Crippen molar-refractivity contribution in [2.24, 2.45) is 0 Å². The fourth-order valence-electron chi connectivity index (χ4n) is 2.16. The lowest BCUT2D eigenvalue weighted by atomic mass is 10.0. The number of rotatable bonds is 3. The van der Waals surface area contributed by atoms with Gasteiger partial charge in [-0.1, -0.05) is 18.2 Å². The van der Waals surface area contributed by atoms with Gasteiger partial charge in [-0.3, -0.25) is 4.79 Å². The number of carbonyl (C=O) groups excluding carboxylic acids is 1. The van der Waals surface area contributed by atoms with Crippen LogP contribution in [0.25, 0.3) is 0 Å². The van der Waals surface area contributed by atoms with Gasteiger partial charge in [0.2, 0.25) is 5.91 Å². The first-order valence-electron chi connectivity index (χ1n) is 6.21. The molecule has 3 nitrogen and oxygen atoms in total. The van der Waals surface area contributed by atoms with E-state index in [1.165, 1.54) is 11.1 Å². The molecule has 0 saturated carbocycles. The smallest absolute Gasteiger partial charge is 0.224 e. The molecule has 92 valence electrons. The lowest BCUT2D eigenvalue weighted by Gasteiger charge is -2.11. The molecule has 3 heteroatoms. The summed E-state index contributed by atoms with van der Waals surface area (Å²) in [5, 5.41) is 6.30. The monoisotopic (exact) mass is 232 g/mol. The molecule has 2 rings (SSSR count). The maximum Gasteiger partial charge on any atom is 0.224 e. The number of hydrogen-bond donors (Lipinski definition) is 2. The van der Waals surface area contributed by atoms with E-state index in [1.807, 2.05) is 6.07 Å². The molecule has 1 fully saturated rings. The summed E-state index contributed by atoms with van der Waals surface area (Å²) < 4.78 is 0. The van der Waals surface area contributed by atoms with Crippen molar-refractivity contribution in [3.05, 3.63) is 34.9 Å². The quantitative estimate of drug-likeness (QED) is 0.825. The predicted octanol–water partition coefficient (Wildman–Crippen LogP) is 1.32. The van der Waals surface area contributed by atoms with Crippen LogP contribution in [0.15, 0.2) is 18.2 Å². The zero-order chi connectivity index (χ0) is 12.3. The molecule has 1 amide bonds. The summed E-state index contributed by atoms with van der Waals surface area (Å²) >= 11 is 0. The third kappa shape index (κ3) is 3.30. The Morgan fingerprint density at radius 1 is 1.41 bits per heavy atom. The minimum atomic E-state index is 0.127. The SMILES string of the molecule is Cc1ccc(CC(=O)NC2CCNC2)cc1C. The van der Waals surface area contributed by atoms with E-state index in [1.54, 1.807) is 0 Å². The van der Waals surface area contributed by atoms with Crippen LogP contribution in [0, 0.1) is 13.8 Å². The van der Waals surface area contributed by atoms with Gasteiger partial charge in [0.15, 0.2) is 0 Å². The summed E-state index contributed by atoms with van der Waals surface area (Å²) in [4.78, 5) is 11.8. The number of hydrogen-bond acceptors (Lipinski definition) is 2. The van der Waals surface area contributed by atoms with Gasteiger partial charge in [-0.05, 0) is 43.5 Å². The van der Waals surface area contributed by atoms with Gasteiger partial charge in [0.1, 0.15) is 0 Å². The summed E-state index contributed by atoms with van der Waals surface area (Å²) in [6, 6.07) is 6.53. The van der Waals surface area contributed by atoms with Crippen molar-refractivity contribution < 1.29 is 4.79 Å². The minimum Gasteiger partial charge on any atom is -0.352 e. The van der Waals surface area contributed by atoms with Gasteiger partial charge in [-0.25, -0.2) is 0 Å². The van der Waals surface area contributed by atoms with E-state index in [9.17, 15) is 4.79 Å². The van der Waals surface area contributed by atoms with Crippen LogP contribution in [0.4, 0.5) is 0 Å². The van der Waals surface area contributed by atoms with E-state index in [2.05, 4.69) is 36.6 Å². The largest absolute Gasteiger partial charge is 0.352 e. The molecule has 1 aliphatic heterocycles. The van der Waals surface area contributed by atoms with Gasteiger partial charge in [-0.15, -0.1) is 0 Å². The van der Waals surface area contributed by atoms with Crippen LogP contribution in [0.3, 0.4) is 0 Å². The molecule has 1 unspecified atom stereocenters. The summed E-state index contributed by atoms with van der Waals surface area (Å²) in [5.41, 5.74) is 3.61. The Kier molecular flexibility index (Phi) is 3.79. The zero-order valence-electron chi connectivity index (χ0n) is 10.5. The molecule has 1 saturated heterocycles. The molecule has 1 aliphatic rings. The molecular weight excluding hydrogens is 212 g/mol. The normalized spacial score (nSPS) is 19.3. The van der Waals surface area contributed by atoms with Gasteiger partial charge in [-0.2, -0.15) is 0 Å². The lowest BCUT2D eigenvalue weighted by Crippen LogP contribution is -2.37. The highest BCUT2D eigenvalue weighted by Gasteiger charge is 2.16. The van der Waals surface area contributed by atoms with E-state index in [0.29, 0.717) is 12.5 Å². The van der Waals surface area contributed by atoms with E-state index in [4.69, 9.17) is 0 Å². The summed E-state index contributed by atoms with van der Waals surface area (Å²) in [6.07, 6.45) is 1.52. The molecule has 1 atom stereocenters. The topological polar surface area (TPSA) is 41.1 Å². The van der Waals surface area contributed by atoms with Gasteiger partial charge < -0.3 is 10.6 Å². The molecule has 0 bridgehead atoms. The van der Waals surface area contributed by atoms with Crippen LogP contribution >= 0.6 is 0 Å². The fourth-order valence-corrected chi connectivity index (χ4v) is 2.16. The Labute approximate surface area is 103 Å². The number of nitrogens with one attached hydrogen (secondary N) is 2. The predicted molar refractivity (Wildman–Crippen MR) is 69.0 cm³/mol. The summed E-state index contributed by atoms with van der Waals surface area (Å²) in [7, 11) is 0. The minimum absolute atomic E-state index is 0.127. The molecule has 0 radical (unpaired) electrons. The zero-order valence-corrected chi connectivity index (χ0v) is 10.5. The summed E-state index contributed by atoms with van der Waals surface area (Å²) in [6.45, 7) is 6.08. The Morgan fingerprint density at radius 3 is 2.88 bits per heavy atom. The van der Waals surface area contributed by atoms with Gasteiger partial charge in [0.05, 0.1) is 6.42 Å². The molecule has 1 aromatic rings. The second-order valence-electron chi connectivity index (χ2n) is 4.85. The highest BCUT2D eigenvalue weighted by molar-refractivity contribution is 5.79. The lowest BCUT2D eigenvalue weighted by molar-refractivity contribution is -0.121. The highest BCUT2D eigenvalue weighted by atomic mass is 16.1. The molecule has 1 aromatic carbocycles. The first-order valence-corrected chi connectivity index (χ1v) is 6.21. The third-order valence-corrected chi connectivity index (χ3v) is 3.36. The third-order valence-electron chi connectivity index (χ3n) is 3.36. The molecular formula is C14H20N2O. The second-order valence-corrected chi connectivity index (χ2v) is 4.85. The number of carbonyl (C=O) groups is 1. The van der Waals surface area contributed by atoms with Crippen LogP contribution in [0.5, 0.6) is 0 Å². The summed E-state index contributed by atoms with van der Waals surface area (Å²) in [5.74, 6) is 0.127. The number of amides is 1. The Hall–Kier alpha value is -1.35. The van der Waals surface area contributed by atoms with Crippen LogP contribution < -0.4 is 10.6 Å². The van der Waals surface area contributed by atoms with Crippen LogP contribution in [-0.2, 0) is 11.2 Å². The fraction of sp³-hybridized carbons (Fsp3) is 0.500. The van der Waals surface area contributed by atoms with Gasteiger partial charge >= 0.3 is 0 Å². The van der Waals surface area contributed by atoms with Crippen LogP contribution in [-0.4, -0.2) is 25.0 Å². The van der Waals surface area contributed by atoms with E-state index in [0.717, 1.165) is 25.1 Å². The van der Waals surface area contributed by atoms with Crippen molar-refractivity contribution in [3.63, 3.8) is 0 Å².